The largest absolute Gasteiger partial charge is 0.502 e. The van der Waals surface area contributed by atoms with Gasteiger partial charge in [0.15, 0.2) is 0 Å². The number of nitrogens with zero attached hydrogens (tertiary/aromatic N) is 7. The minimum absolute atomic E-state index is 0.147. The van der Waals surface area contributed by atoms with Crippen LogP contribution in [0.25, 0.3) is 0 Å². The van der Waals surface area contributed by atoms with Crippen molar-refractivity contribution in [3.8, 4) is 0 Å². The molecule has 31 nitrogen and oxygen atoms in total. The van der Waals surface area contributed by atoms with Crippen molar-refractivity contribution >= 4 is 69.5 Å². The predicted molar refractivity (Wildman–Crippen MR) is 332 cm³/mol. The average Bonchev–Trinajstić information content (AvgIpc) is 0.956. The molecule has 0 aliphatic carbocycles. The van der Waals surface area contributed by atoms with Gasteiger partial charge in [-0.05, 0) is 25.7 Å². The summed E-state index contributed by atoms with van der Waals surface area (Å²) in [6.45, 7) is 7.01. The highest BCUT2D eigenvalue weighted by Gasteiger charge is 2.50. The topological polar surface area (TPSA) is 434 Å². The third kappa shape index (κ3) is 39.1. The molecule has 9 N–H and O–H groups in total. The van der Waals surface area contributed by atoms with Gasteiger partial charge in [0.25, 0.3) is 60.7 Å². The molecular formula is C50H106N7O24S6Si+. The maximum Gasteiger partial charge on any atom is 0.502 e. The van der Waals surface area contributed by atoms with Crippen LogP contribution in [-0.2, 0) is 74.0 Å². The van der Waals surface area contributed by atoms with E-state index < -0.39 is 141 Å². The average molecular weight is 1410 g/mol. The van der Waals surface area contributed by atoms with Gasteiger partial charge in [-0.3, -0.25) is 56.7 Å². The first-order chi connectivity index (χ1) is 40.7. The number of piperazine rings is 3. The fraction of sp³-hybridized carbons (Fsp3) is 1.00. The minimum atomic E-state index is -5.01. The Morgan fingerprint density at radius 3 is 0.795 bits per heavy atom. The fourth-order valence-corrected chi connectivity index (χ4v) is 18.9. The second-order valence-corrected chi connectivity index (χ2v) is 36.1. The van der Waals surface area contributed by atoms with E-state index >= 15 is 0 Å². The maximum absolute atomic E-state index is 13.2. The zero-order valence-corrected chi connectivity index (χ0v) is 57.6. The van der Waals surface area contributed by atoms with Gasteiger partial charge in [0.2, 0.25) is 0 Å². The molecule has 0 radical (unpaired) electrons. The SMILES string of the molecule is CCCCCCCC[N+](C)(CCCCCCCC)CCC[Si](OC(CN1CCN(CC(O)CS(=O)(=O)O)CC1)CS(=O)(=O)O)(OC(CN1CCN(CC(O)CS(=O)(=O)O)CC1)CS(=O)(=O)O)OC(CN1CCN(CC(O)CS(=O)(=O)O)CC1)CS(=O)(=O)O. The summed E-state index contributed by atoms with van der Waals surface area (Å²) in [5.41, 5.74) is 0. The number of aliphatic hydroxyl groups is 3. The van der Waals surface area contributed by atoms with Crippen LogP contribution in [-0.4, -0.2) is 351 Å². The Hall–Kier alpha value is -0.843. The summed E-state index contributed by atoms with van der Waals surface area (Å²) in [5, 5.41) is 31.2. The van der Waals surface area contributed by atoms with Crippen LogP contribution < -0.4 is 0 Å². The highest BCUT2D eigenvalue weighted by atomic mass is 32.2. The van der Waals surface area contributed by atoms with E-state index in [0.717, 1.165) is 90.1 Å². The van der Waals surface area contributed by atoms with E-state index in [1.165, 1.54) is 0 Å². The highest BCUT2D eigenvalue weighted by molar-refractivity contribution is 7.87. The minimum Gasteiger partial charge on any atom is -0.391 e. The fourth-order valence-electron chi connectivity index (χ4n) is 11.8. The predicted octanol–water partition coefficient (Wildman–Crippen LogP) is -1.10. The quantitative estimate of drug-likeness (QED) is 0.0151. The van der Waals surface area contributed by atoms with Crippen LogP contribution in [0.3, 0.4) is 0 Å². The van der Waals surface area contributed by atoms with Crippen LogP contribution in [0.4, 0.5) is 0 Å². The van der Waals surface area contributed by atoms with E-state index in [4.69, 9.17) is 13.3 Å². The number of hydrogen-bond donors (Lipinski definition) is 9. The van der Waals surface area contributed by atoms with Gasteiger partial charge in [-0.2, -0.15) is 50.5 Å². The number of quaternary nitrogens is 1. The molecule has 38 heteroatoms. The van der Waals surface area contributed by atoms with Crippen molar-refractivity contribution in [2.75, 3.05) is 179 Å². The molecule has 3 saturated heterocycles. The summed E-state index contributed by atoms with van der Waals surface area (Å²) in [6, 6.07) is -0.238. The van der Waals surface area contributed by atoms with Crippen molar-refractivity contribution in [1.29, 1.82) is 0 Å². The van der Waals surface area contributed by atoms with Crippen LogP contribution in [0.2, 0.25) is 6.04 Å². The Morgan fingerprint density at radius 2 is 0.557 bits per heavy atom. The molecule has 3 heterocycles. The molecule has 88 heavy (non-hydrogen) atoms. The second kappa shape index (κ2) is 38.6. The number of β-amino-alcohol motifs (C(OH)–C–C–N with tert-alkyl or cyclic N) is 3. The molecule has 0 spiro atoms. The van der Waals surface area contributed by atoms with Gasteiger partial charge in [0.1, 0.15) is 34.5 Å². The zero-order valence-electron chi connectivity index (χ0n) is 51.7. The Balaban J connectivity index is 2.23. The van der Waals surface area contributed by atoms with Crippen LogP contribution in [0.1, 0.15) is 97.3 Å². The molecule has 0 saturated carbocycles. The third-order valence-corrected chi connectivity index (χ3v) is 23.7. The Morgan fingerprint density at radius 1 is 0.341 bits per heavy atom. The summed E-state index contributed by atoms with van der Waals surface area (Å²) < 4.78 is 229. The number of aliphatic hydroxyl groups excluding tert-OH is 3. The van der Waals surface area contributed by atoms with E-state index in [0.29, 0.717) is 11.0 Å². The molecule has 0 aromatic rings. The van der Waals surface area contributed by atoms with E-state index in [1.54, 1.807) is 29.4 Å². The van der Waals surface area contributed by atoms with Gasteiger partial charge in [0.05, 0.1) is 63.3 Å². The van der Waals surface area contributed by atoms with Crippen molar-refractivity contribution in [2.45, 2.75) is 140 Å². The third-order valence-electron chi connectivity index (χ3n) is 15.9. The lowest BCUT2D eigenvalue weighted by atomic mass is 10.1. The summed E-state index contributed by atoms with van der Waals surface area (Å²) in [7, 11) is -31.4. The molecule has 524 valence electrons. The normalized spacial score (nSPS) is 20.6. The standard InChI is InChI=1S/C50H105N7O24S6Si/c1-4-6-8-10-12-14-29-57(3,30-15-13-11-9-7-5-2)31-16-32-88(79-48(42-85(70,71)72)36-54-23-17-51(18-24-54)33-45(58)39-82(61,62)63,80-49(43-86(73,74)75)37-55-25-19-52(20-26-55)34-46(59)40-83(64,65)66)81-50(44-87(76,77)78)38-56-27-21-53(22-28-56)35-47(60)41-84(67,68)69/h45-50,58-60H,4-44H2,1-3H3,(H5-,61,62,63,64,65,66,67,68,69,70,71,72,73,74,75,76,77,78)/p+1. The first-order valence-corrected chi connectivity index (χ1v) is 42.3. The Labute approximate surface area is 525 Å². The van der Waals surface area contributed by atoms with Gasteiger partial charge < -0.3 is 33.1 Å². The van der Waals surface area contributed by atoms with E-state index in [-0.39, 0.29) is 130 Å². The second-order valence-electron chi connectivity index (χ2n) is 24.6. The molecule has 3 aliphatic rings. The summed E-state index contributed by atoms with van der Waals surface area (Å²) in [6.07, 6.45) is 3.39. The lowest BCUT2D eigenvalue weighted by Gasteiger charge is -2.43. The molecule has 0 amide bonds. The monoisotopic (exact) mass is 1410 g/mol. The Bertz CT molecular complexity index is 2420. The van der Waals surface area contributed by atoms with E-state index in [9.17, 15) is 93.1 Å². The summed E-state index contributed by atoms with van der Waals surface area (Å²) in [5.74, 6) is -6.07. The molecule has 3 rings (SSSR count). The number of unbranched alkanes of at least 4 members (excludes halogenated alkanes) is 10. The first-order valence-electron chi connectivity index (χ1n) is 30.7. The maximum atomic E-state index is 13.2. The Kier molecular flexibility index (Phi) is 35.7. The molecule has 6 unspecified atom stereocenters. The molecule has 0 aromatic heterocycles. The van der Waals surface area contributed by atoms with Gasteiger partial charge in [-0.1, -0.05) is 65.2 Å². The number of hydrogen-bond acceptors (Lipinski definition) is 24. The van der Waals surface area contributed by atoms with Crippen molar-refractivity contribution in [3.63, 3.8) is 0 Å². The molecule has 6 atom stereocenters. The van der Waals surface area contributed by atoms with Crippen LogP contribution >= 0.6 is 0 Å². The van der Waals surface area contributed by atoms with Gasteiger partial charge in [-0.15, -0.1) is 0 Å². The van der Waals surface area contributed by atoms with Crippen molar-refractivity contribution < 1.29 is 111 Å². The number of rotatable bonds is 48. The summed E-state index contributed by atoms with van der Waals surface area (Å²) >= 11 is 0. The lowest BCUT2D eigenvalue weighted by molar-refractivity contribution is -0.910. The van der Waals surface area contributed by atoms with E-state index in [1.807, 2.05) is 0 Å². The molecule has 3 aliphatic heterocycles. The van der Waals surface area contributed by atoms with Crippen molar-refractivity contribution in [1.82, 2.24) is 29.4 Å². The molecule has 0 aromatic carbocycles. The first kappa shape index (κ1) is 81.4. The molecule has 3 fully saturated rings. The highest BCUT2D eigenvalue weighted by Crippen LogP contribution is 2.29. The van der Waals surface area contributed by atoms with Crippen molar-refractivity contribution in [2.24, 2.45) is 0 Å². The zero-order chi connectivity index (χ0) is 66.0. The van der Waals surface area contributed by atoms with Crippen molar-refractivity contribution in [3.05, 3.63) is 0 Å². The van der Waals surface area contributed by atoms with Gasteiger partial charge in [-0.25, -0.2) is 0 Å². The van der Waals surface area contributed by atoms with Gasteiger partial charge >= 0.3 is 8.80 Å². The lowest BCUT2D eigenvalue weighted by Crippen LogP contribution is -2.61. The molecule has 0 bridgehead atoms. The van der Waals surface area contributed by atoms with Gasteiger partial charge in [0, 0.05) is 130 Å². The smallest absolute Gasteiger partial charge is 0.391 e. The van der Waals surface area contributed by atoms with E-state index in [2.05, 4.69) is 20.9 Å². The summed E-state index contributed by atoms with van der Waals surface area (Å²) in [4.78, 5) is 10.4. The van der Waals surface area contributed by atoms with Crippen LogP contribution in [0, 0.1) is 0 Å². The molecular weight excluding hydrogens is 1300 g/mol. The van der Waals surface area contributed by atoms with Crippen LogP contribution in [0.5, 0.6) is 0 Å². The van der Waals surface area contributed by atoms with Crippen LogP contribution in [0.15, 0.2) is 0 Å².